The van der Waals surface area contributed by atoms with Crippen molar-refractivity contribution in [3.63, 3.8) is 0 Å². The summed E-state index contributed by atoms with van der Waals surface area (Å²) in [5.41, 5.74) is 1.67. The summed E-state index contributed by atoms with van der Waals surface area (Å²) in [6.07, 6.45) is 0. The molecule has 3 heteroatoms. The van der Waals surface area contributed by atoms with Gasteiger partial charge >= 0.3 is 0 Å². The Morgan fingerprint density at radius 2 is 1.68 bits per heavy atom. The van der Waals surface area contributed by atoms with E-state index >= 15 is 0 Å². The van der Waals surface area contributed by atoms with E-state index in [4.69, 9.17) is 16.0 Å². The summed E-state index contributed by atoms with van der Waals surface area (Å²) in [5.74, 6) is 0. The number of fused-ring (bicyclic) bond motifs is 4. The van der Waals surface area contributed by atoms with Crippen molar-refractivity contribution in [1.82, 2.24) is 0 Å². The molecule has 0 unspecified atom stereocenters. The lowest BCUT2D eigenvalue weighted by atomic mass is 10.1. The Labute approximate surface area is 122 Å². The molecule has 0 N–H and O–H groups in total. The second kappa shape index (κ2) is 3.99. The number of furan rings is 1. The van der Waals surface area contributed by atoms with Gasteiger partial charge in [0.1, 0.15) is 5.58 Å². The van der Waals surface area contributed by atoms with Crippen molar-refractivity contribution >= 4 is 60.2 Å². The zero-order chi connectivity index (χ0) is 13.0. The van der Waals surface area contributed by atoms with Gasteiger partial charge in [-0.25, -0.2) is 0 Å². The molecular weight excluding hydrogens is 324 g/mol. The highest BCUT2D eigenvalue weighted by Crippen LogP contribution is 2.39. The van der Waals surface area contributed by atoms with E-state index in [0.29, 0.717) is 5.02 Å². The maximum Gasteiger partial charge on any atom is 0.151 e. The van der Waals surface area contributed by atoms with Crippen molar-refractivity contribution in [3.05, 3.63) is 58.0 Å². The zero-order valence-corrected chi connectivity index (χ0v) is 12.1. The Morgan fingerprint density at radius 3 is 2.47 bits per heavy atom. The molecule has 1 heterocycles. The summed E-state index contributed by atoms with van der Waals surface area (Å²) in [5, 5.41) is 5.10. The quantitative estimate of drug-likeness (QED) is 0.376. The van der Waals surface area contributed by atoms with Crippen LogP contribution in [0.3, 0.4) is 0 Å². The maximum atomic E-state index is 6.32. The molecule has 4 aromatic rings. The van der Waals surface area contributed by atoms with Crippen LogP contribution in [0.15, 0.2) is 57.4 Å². The molecule has 19 heavy (non-hydrogen) atoms. The summed E-state index contributed by atoms with van der Waals surface area (Å²) in [7, 11) is 0. The Balaban J connectivity index is 2.30. The van der Waals surface area contributed by atoms with Crippen LogP contribution in [0, 0.1) is 0 Å². The van der Waals surface area contributed by atoms with Crippen LogP contribution in [0.5, 0.6) is 0 Å². The summed E-state index contributed by atoms with van der Waals surface area (Å²) in [6, 6.07) is 16.2. The van der Waals surface area contributed by atoms with Gasteiger partial charge in [0.25, 0.3) is 0 Å². The van der Waals surface area contributed by atoms with Gasteiger partial charge in [-0.1, -0.05) is 35.9 Å². The topological polar surface area (TPSA) is 13.1 Å². The fourth-order valence-electron chi connectivity index (χ4n) is 2.49. The fourth-order valence-corrected chi connectivity index (χ4v) is 3.16. The number of rotatable bonds is 0. The predicted molar refractivity (Wildman–Crippen MR) is 83.9 cm³/mol. The van der Waals surface area contributed by atoms with Crippen LogP contribution < -0.4 is 0 Å². The van der Waals surface area contributed by atoms with Gasteiger partial charge in [-0.05, 0) is 51.0 Å². The van der Waals surface area contributed by atoms with E-state index in [-0.39, 0.29) is 0 Å². The molecule has 0 fully saturated rings. The van der Waals surface area contributed by atoms with Gasteiger partial charge in [0, 0.05) is 10.8 Å². The lowest BCUT2D eigenvalue weighted by molar-refractivity contribution is 0.667. The zero-order valence-electron chi connectivity index (χ0n) is 9.78. The summed E-state index contributed by atoms with van der Waals surface area (Å²) in [6.45, 7) is 0. The van der Waals surface area contributed by atoms with Crippen molar-refractivity contribution in [2.45, 2.75) is 0 Å². The minimum Gasteiger partial charge on any atom is -0.455 e. The van der Waals surface area contributed by atoms with E-state index in [2.05, 4.69) is 40.2 Å². The molecule has 1 nitrogen and oxygen atoms in total. The van der Waals surface area contributed by atoms with Crippen LogP contribution in [0.2, 0.25) is 5.02 Å². The molecule has 4 rings (SSSR count). The first-order valence-electron chi connectivity index (χ1n) is 5.93. The van der Waals surface area contributed by atoms with Crippen molar-refractivity contribution in [2.75, 3.05) is 0 Å². The van der Waals surface area contributed by atoms with Gasteiger partial charge in [0.15, 0.2) is 5.58 Å². The van der Waals surface area contributed by atoms with Crippen LogP contribution in [0.4, 0.5) is 0 Å². The fraction of sp³-hybridized carbons (Fsp3) is 0. The monoisotopic (exact) mass is 330 g/mol. The molecule has 0 atom stereocenters. The predicted octanol–water partition coefficient (Wildman–Crippen LogP) is 6.16. The van der Waals surface area contributed by atoms with Crippen molar-refractivity contribution < 1.29 is 4.42 Å². The molecule has 0 saturated carbocycles. The summed E-state index contributed by atoms with van der Waals surface area (Å²) < 4.78 is 6.86. The second-order valence-electron chi connectivity index (χ2n) is 4.53. The van der Waals surface area contributed by atoms with Crippen LogP contribution >= 0.6 is 27.5 Å². The normalized spacial score (nSPS) is 11.7. The molecule has 3 aromatic carbocycles. The molecule has 0 aliphatic carbocycles. The van der Waals surface area contributed by atoms with E-state index in [9.17, 15) is 0 Å². The highest BCUT2D eigenvalue weighted by molar-refractivity contribution is 9.10. The van der Waals surface area contributed by atoms with Gasteiger partial charge < -0.3 is 4.42 Å². The van der Waals surface area contributed by atoms with E-state index in [1.54, 1.807) is 0 Å². The third-order valence-electron chi connectivity index (χ3n) is 3.39. The van der Waals surface area contributed by atoms with Crippen LogP contribution in [0.25, 0.3) is 32.7 Å². The average Bonchev–Trinajstić information content (AvgIpc) is 2.80. The minimum atomic E-state index is 0.715. The third-order valence-corrected chi connectivity index (χ3v) is 4.33. The van der Waals surface area contributed by atoms with Gasteiger partial charge in [0.2, 0.25) is 0 Å². The largest absolute Gasteiger partial charge is 0.455 e. The molecule has 1 aromatic heterocycles. The van der Waals surface area contributed by atoms with E-state index < -0.39 is 0 Å². The Kier molecular flexibility index (Phi) is 2.38. The highest BCUT2D eigenvalue weighted by atomic mass is 79.9. The molecule has 92 valence electrons. The van der Waals surface area contributed by atoms with E-state index in [1.807, 2.05) is 24.3 Å². The van der Waals surface area contributed by atoms with Crippen LogP contribution in [-0.4, -0.2) is 0 Å². The Morgan fingerprint density at radius 1 is 0.947 bits per heavy atom. The Bertz CT molecular complexity index is 940. The first-order chi connectivity index (χ1) is 9.24. The molecule has 0 spiro atoms. The molecule has 0 saturated heterocycles. The van der Waals surface area contributed by atoms with Crippen molar-refractivity contribution in [3.8, 4) is 0 Å². The van der Waals surface area contributed by atoms with E-state index in [0.717, 1.165) is 26.4 Å². The van der Waals surface area contributed by atoms with Crippen LogP contribution in [0.1, 0.15) is 0 Å². The summed E-state index contributed by atoms with van der Waals surface area (Å²) in [4.78, 5) is 0. The average molecular weight is 332 g/mol. The number of hydrogen-bond donors (Lipinski definition) is 0. The van der Waals surface area contributed by atoms with Crippen molar-refractivity contribution in [2.24, 2.45) is 0 Å². The third kappa shape index (κ3) is 1.60. The summed E-state index contributed by atoms with van der Waals surface area (Å²) >= 11 is 9.83. The highest BCUT2D eigenvalue weighted by Gasteiger charge is 2.13. The van der Waals surface area contributed by atoms with Gasteiger partial charge in [-0.15, -0.1) is 0 Å². The van der Waals surface area contributed by atoms with Gasteiger partial charge in [-0.3, -0.25) is 0 Å². The lowest BCUT2D eigenvalue weighted by Gasteiger charge is -1.98. The second-order valence-corrected chi connectivity index (χ2v) is 5.79. The number of hydrogen-bond acceptors (Lipinski definition) is 1. The Hall–Kier alpha value is -1.51. The first-order valence-corrected chi connectivity index (χ1v) is 7.10. The minimum absolute atomic E-state index is 0.715. The molecule has 0 aliphatic rings. The molecule has 0 radical (unpaired) electrons. The lowest BCUT2D eigenvalue weighted by Crippen LogP contribution is -1.73. The molecular formula is C16H8BrClO. The standard InChI is InChI=1S/C16H8BrClO/c17-12-5-6-13(18)15-11-7-9-3-1-2-4-10(9)8-14(11)19-16(12)15/h1-8H. The van der Waals surface area contributed by atoms with E-state index in [1.165, 1.54) is 10.8 Å². The SMILES string of the molecule is Clc1ccc(Br)c2oc3cc4ccccc4cc3c12. The smallest absolute Gasteiger partial charge is 0.151 e. The van der Waals surface area contributed by atoms with Gasteiger partial charge in [0.05, 0.1) is 9.50 Å². The van der Waals surface area contributed by atoms with Crippen molar-refractivity contribution in [1.29, 1.82) is 0 Å². The number of benzene rings is 3. The first kappa shape index (κ1) is 11.3. The molecule has 0 amide bonds. The molecule has 0 bridgehead atoms. The molecule has 0 aliphatic heterocycles. The van der Waals surface area contributed by atoms with Crippen LogP contribution in [-0.2, 0) is 0 Å². The van der Waals surface area contributed by atoms with Gasteiger partial charge in [-0.2, -0.15) is 0 Å². The number of halogens is 2. The maximum absolute atomic E-state index is 6.32.